The Hall–Kier alpha value is -0.770. The van der Waals surface area contributed by atoms with Gasteiger partial charge in [0, 0.05) is 25.7 Å². The molecule has 0 aromatic carbocycles. The lowest BCUT2D eigenvalue weighted by atomic mass is 10.2. The summed E-state index contributed by atoms with van der Waals surface area (Å²) in [5.41, 5.74) is 0. The number of rotatable bonds is 6. The Morgan fingerprint density at radius 1 is 1.33 bits per heavy atom. The van der Waals surface area contributed by atoms with E-state index < -0.39 is 0 Å². The van der Waals surface area contributed by atoms with Crippen molar-refractivity contribution in [2.75, 3.05) is 32.7 Å². The van der Waals surface area contributed by atoms with E-state index in [4.69, 9.17) is 4.99 Å². The second kappa shape index (κ2) is 6.98. The summed E-state index contributed by atoms with van der Waals surface area (Å²) in [6.45, 7) is 10.1. The second-order valence-electron chi connectivity index (χ2n) is 5.75. The molecule has 4 heteroatoms. The highest BCUT2D eigenvalue weighted by atomic mass is 15.2. The summed E-state index contributed by atoms with van der Waals surface area (Å²) in [6.07, 6.45) is 5.35. The molecule has 2 fully saturated rings. The molecule has 4 nitrogen and oxygen atoms in total. The molecular weight excluding hydrogens is 224 g/mol. The van der Waals surface area contributed by atoms with Gasteiger partial charge in [0.1, 0.15) is 0 Å². The Kier molecular flexibility index (Phi) is 5.29. The van der Waals surface area contributed by atoms with Crippen molar-refractivity contribution in [1.82, 2.24) is 15.5 Å². The van der Waals surface area contributed by atoms with E-state index in [9.17, 15) is 0 Å². The maximum atomic E-state index is 4.70. The van der Waals surface area contributed by atoms with Gasteiger partial charge in [-0.1, -0.05) is 6.92 Å². The van der Waals surface area contributed by atoms with Gasteiger partial charge in [0.25, 0.3) is 0 Å². The van der Waals surface area contributed by atoms with E-state index in [1.165, 1.54) is 45.3 Å². The highest BCUT2D eigenvalue weighted by Crippen LogP contribution is 2.18. The van der Waals surface area contributed by atoms with Crippen LogP contribution in [0.4, 0.5) is 0 Å². The average molecular weight is 252 g/mol. The molecule has 0 radical (unpaired) electrons. The number of hydrogen-bond acceptors (Lipinski definition) is 2. The van der Waals surface area contributed by atoms with Crippen LogP contribution in [0.2, 0.25) is 0 Å². The Morgan fingerprint density at radius 2 is 2.06 bits per heavy atom. The van der Waals surface area contributed by atoms with Gasteiger partial charge in [-0.2, -0.15) is 0 Å². The first-order valence-corrected chi connectivity index (χ1v) is 7.55. The molecule has 1 saturated carbocycles. The zero-order chi connectivity index (χ0) is 12.8. The molecule has 1 aliphatic heterocycles. The molecule has 1 unspecified atom stereocenters. The summed E-state index contributed by atoms with van der Waals surface area (Å²) in [6, 6.07) is 0.677. The minimum Gasteiger partial charge on any atom is -0.357 e. The number of likely N-dealkylation sites (tertiary alicyclic amines) is 1. The summed E-state index contributed by atoms with van der Waals surface area (Å²) < 4.78 is 0. The maximum Gasteiger partial charge on any atom is 0.191 e. The fraction of sp³-hybridized carbons (Fsp3) is 0.929. The van der Waals surface area contributed by atoms with Crippen LogP contribution in [0.25, 0.3) is 0 Å². The lowest BCUT2D eigenvalue weighted by Crippen LogP contribution is -2.39. The van der Waals surface area contributed by atoms with E-state index in [1.54, 1.807) is 0 Å². The summed E-state index contributed by atoms with van der Waals surface area (Å²) >= 11 is 0. The van der Waals surface area contributed by atoms with Crippen LogP contribution in [0.5, 0.6) is 0 Å². The molecule has 0 bridgehead atoms. The number of aliphatic imine (C=N–C) groups is 1. The summed E-state index contributed by atoms with van der Waals surface area (Å²) in [5.74, 6) is 1.66. The van der Waals surface area contributed by atoms with Gasteiger partial charge in [0.15, 0.2) is 5.96 Å². The lowest BCUT2D eigenvalue weighted by molar-refractivity contribution is 0.291. The molecule has 2 aliphatic rings. The smallest absolute Gasteiger partial charge is 0.191 e. The predicted molar refractivity (Wildman–Crippen MR) is 77.0 cm³/mol. The molecule has 1 atom stereocenters. The van der Waals surface area contributed by atoms with Crippen molar-refractivity contribution < 1.29 is 0 Å². The van der Waals surface area contributed by atoms with E-state index >= 15 is 0 Å². The molecule has 0 spiro atoms. The third-order valence-electron chi connectivity index (χ3n) is 3.59. The predicted octanol–water partition coefficient (Wildman–Crippen LogP) is 1.44. The normalized spacial score (nSPS) is 23.1. The summed E-state index contributed by atoms with van der Waals surface area (Å²) in [7, 11) is 0. The summed E-state index contributed by atoms with van der Waals surface area (Å²) in [5, 5.41) is 6.79. The molecule has 0 aromatic rings. The summed E-state index contributed by atoms with van der Waals surface area (Å²) in [4.78, 5) is 7.27. The van der Waals surface area contributed by atoms with E-state index in [0.717, 1.165) is 19.0 Å². The van der Waals surface area contributed by atoms with Crippen molar-refractivity contribution in [3.05, 3.63) is 0 Å². The molecule has 0 amide bonds. The minimum atomic E-state index is 0.651. The second-order valence-corrected chi connectivity index (χ2v) is 5.75. The highest BCUT2D eigenvalue weighted by Gasteiger charge is 2.22. The monoisotopic (exact) mass is 252 g/mol. The van der Waals surface area contributed by atoms with Crippen LogP contribution < -0.4 is 10.6 Å². The van der Waals surface area contributed by atoms with Gasteiger partial charge in [0.2, 0.25) is 0 Å². The molecule has 104 valence electrons. The molecule has 1 saturated heterocycles. The molecule has 2 N–H and O–H groups in total. The fourth-order valence-electron chi connectivity index (χ4n) is 2.45. The van der Waals surface area contributed by atoms with Gasteiger partial charge >= 0.3 is 0 Å². The van der Waals surface area contributed by atoms with Gasteiger partial charge in [-0.25, -0.2) is 0 Å². The quantitative estimate of drug-likeness (QED) is 0.555. The van der Waals surface area contributed by atoms with Crippen LogP contribution in [0.3, 0.4) is 0 Å². The van der Waals surface area contributed by atoms with Gasteiger partial charge in [-0.15, -0.1) is 0 Å². The Balaban J connectivity index is 1.70. The van der Waals surface area contributed by atoms with Crippen molar-refractivity contribution in [1.29, 1.82) is 0 Å². The largest absolute Gasteiger partial charge is 0.357 e. The lowest BCUT2D eigenvalue weighted by Gasteiger charge is -2.19. The maximum absolute atomic E-state index is 4.70. The number of hydrogen-bond donors (Lipinski definition) is 2. The molecule has 18 heavy (non-hydrogen) atoms. The Labute approximate surface area is 111 Å². The van der Waals surface area contributed by atoms with Crippen LogP contribution >= 0.6 is 0 Å². The molecule has 1 aliphatic carbocycles. The number of nitrogens with zero attached hydrogens (tertiary/aromatic N) is 2. The van der Waals surface area contributed by atoms with Gasteiger partial charge in [0.05, 0.1) is 0 Å². The first-order valence-electron chi connectivity index (χ1n) is 7.55. The third-order valence-corrected chi connectivity index (χ3v) is 3.59. The SMILES string of the molecule is CCNC(=NCC(C)CN1CCCC1)NC1CC1. The first kappa shape index (κ1) is 13.7. The van der Waals surface area contributed by atoms with Crippen molar-refractivity contribution in [2.24, 2.45) is 10.9 Å². The fourth-order valence-corrected chi connectivity index (χ4v) is 2.45. The topological polar surface area (TPSA) is 39.7 Å². The van der Waals surface area contributed by atoms with Gasteiger partial charge < -0.3 is 15.5 Å². The van der Waals surface area contributed by atoms with Crippen LogP contribution in [0, 0.1) is 5.92 Å². The van der Waals surface area contributed by atoms with Crippen molar-refractivity contribution in [3.63, 3.8) is 0 Å². The molecule has 2 rings (SSSR count). The van der Waals surface area contributed by atoms with Crippen LogP contribution in [-0.2, 0) is 0 Å². The third kappa shape index (κ3) is 4.84. The minimum absolute atomic E-state index is 0.651. The first-order chi connectivity index (χ1) is 8.78. The zero-order valence-electron chi connectivity index (χ0n) is 11.9. The molecule has 0 aromatic heterocycles. The van der Waals surface area contributed by atoms with Crippen molar-refractivity contribution >= 4 is 5.96 Å². The Morgan fingerprint density at radius 3 is 2.67 bits per heavy atom. The highest BCUT2D eigenvalue weighted by molar-refractivity contribution is 5.80. The van der Waals surface area contributed by atoms with E-state index in [0.29, 0.717) is 12.0 Å². The van der Waals surface area contributed by atoms with E-state index in [2.05, 4.69) is 29.4 Å². The van der Waals surface area contributed by atoms with Gasteiger partial charge in [-0.05, 0) is 51.6 Å². The van der Waals surface area contributed by atoms with Gasteiger partial charge in [-0.3, -0.25) is 4.99 Å². The van der Waals surface area contributed by atoms with E-state index in [-0.39, 0.29) is 0 Å². The standard InChI is InChI=1S/C14H28N4/c1-3-15-14(17-13-6-7-13)16-10-12(2)11-18-8-4-5-9-18/h12-13H,3-11H2,1-2H3,(H2,15,16,17). The average Bonchev–Trinajstić information content (AvgIpc) is 3.02. The van der Waals surface area contributed by atoms with Crippen molar-refractivity contribution in [3.8, 4) is 0 Å². The molecular formula is C14H28N4. The van der Waals surface area contributed by atoms with Crippen LogP contribution in [-0.4, -0.2) is 49.6 Å². The molecule has 1 heterocycles. The zero-order valence-corrected chi connectivity index (χ0v) is 11.9. The van der Waals surface area contributed by atoms with Crippen molar-refractivity contribution in [2.45, 2.75) is 45.6 Å². The van der Waals surface area contributed by atoms with Crippen LogP contribution in [0.1, 0.15) is 39.5 Å². The number of guanidine groups is 1. The Bertz CT molecular complexity index is 267. The van der Waals surface area contributed by atoms with Crippen LogP contribution in [0.15, 0.2) is 4.99 Å². The number of nitrogens with one attached hydrogen (secondary N) is 2. The van der Waals surface area contributed by atoms with E-state index in [1.807, 2.05) is 0 Å².